The van der Waals surface area contributed by atoms with Gasteiger partial charge in [0.2, 0.25) is 5.91 Å². The summed E-state index contributed by atoms with van der Waals surface area (Å²) in [5.41, 5.74) is 1.42. The fourth-order valence-corrected chi connectivity index (χ4v) is 5.35. The molecule has 0 aliphatic carbocycles. The smallest absolute Gasteiger partial charge is 0.280 e. The molecule has 4 rings (SSSR count). The minimum absolute atomic E-state index is 0.175. The number of fused-ring (bicyclic) bond motifs is 1. The number of hydrogen-bond donors (Lipinski definition) is 2. The summed E-state index contributed by atoms with van der Waals surface area (Å²) in [5, 5.41) is 4.94. The van der Waals surface area contributed by atoms with Crippen molar-refractivity contribution in [2.45, 2.75) is 23.8 Å². The second-order valence-corrected chi connectivity index (χ2v) is 13.2. The fraction of sp³-hybridized carbons (Fsp3) is 0.320. The molecule has 2 amide bonds. The maximum atomic E-state index is 14.8. The molecule has 186 valence electrons. The van der Waals surface area contributed by atoms with E-state index >= 15 is 0 Å². The summed E-state index contributed by atoms with van der Waals surface area (Å²) in [4.78, 5) is 40.2. The van der Waals surface area contributed by atoms with Crippen LogP contribution >= 0.6 is 10.0 Å². The number of ether oxygens (including phenoxy) is 1. The summed E-state index contributed by atoms with van der Waals surface area (Å²) in [6.07, 6.45) is 6.33. The van der Waals surface area contributed by atoms with E-state index in [1.165, 1.54) is 17.0 Å². The summed E-state index contributed by atoms with van der Waals surface area (Å²) in [6, 6.07) is 10.3. The van der Waals surface area contributed by atoms with Crippen LogP contribution in [0, 0.1) is 5.82 Å². The molecule has 0 spiro atoms. The van der Waals surface area contributed by atoms with Crippen LogP contribution in [0.4, 0.5) is 10.1 Å². The molecule has 0 radical (unpaired) electrons. The van der Waals surface area contributed by atoms with E-state index in [1.807, 2.05) is 24.8 Å². The van der Waals surface area contributed by atoms with Gasteiger partial charge in [-0.1, -0.05) is 6.07 Å². The normalized spacial score (nSPS) is 15.9. The lowest BCUT2D eigenvalue weighted by Gasteiger charge is -2.36. The van der Waals surface area contributed by atoms with Gasteiger partial charge in [-0.25, -0.2) is 14.4 Å². The number of aromatic nitrogens is 1. The van der Waals surface area contributed by atoms with Crippen molar-refractivity contribution in [3.8, 4) is 5.75 Å². The van der Waals surface area contributed by atoms with E-state index < -0.39 is 27.5 Å². The van der Waals surface area contributed by atoms with Gasteiger partial charge in [-0.05, 0) is 66.6 Å². The van der Waals surface area contributed by atoms with Crippen molar-refractivity contribution >= 4 is 27.5 Å². The van der Waals surface area contributed by atoms with Gasteiger partial charge in [0.25, 0.3) is 11.5 Å². The van der Waals surface area contributed by atoms with Crippen molar-refractivity contribution in [3.05, 3.63) is 75.5 Å². The number of rotatable bonds is 6. The molecule has 0 saturated carbocycles. The molecule has 8 nitrogen and oxygen atoms in total. The minimum atomic E-state index is -1.28. The number of carbonyl (C=O) groups excluding carboxylic acids is 2. The summed E-state index contributed by atoms with van der Waals surface area (Å²) in [5.74, 6) is -0.377. The van der Waals surface area contributed by atoms with Crippen LogP contribution in [0.1, 0.15) is 22.9 Å². The summed E-state index contributed by atoms with van der Waals surface area (Å²) < 4.78 is 25.1. The maximum absolute atomic E-state index is 14.8. The molecule has 2 heterocycles. The largest absolute Gasteiger partial charge is 0.497 e. The Kier molecular flexibility index (Phi) is 6.75. The van der Waals surface area contributed by atoms with Gasteiger partial charge >= 0.3 is 0 Å². The highest BCUT2D eigenvalue weighted by Crippen LogP contribution is 2.47. The number of hydrogen-bond acceptors (Lipinski definition) is 5. The molecule has 1 aromatic heterocycles. The Labute approximate surface area is 203 Å². The quantitative estimate of drug-likeness (QED) is 0.538. The lowest BCUT2D eigenvalue weighted by atomic mass is 9.91. The van der Waals surface area contributed by atoms with Crippen LogP contribution in [0.15, 0.2) is 56.7 Å². The zero-order valence-corrected chi connectivity index (χ0v) is 20.8. The molecule has 1 aliphatic heterocycles. The van der Waals surface area contributed by atoms with Crippen LogP contribution in [0.25, 0.3) is 0 Å². The van der Waals surface area contributed by atoms with Crippen LogP contribution in [-0.2, 0) is 22.4 Å². The average Bonchev–Trinajstić information content (AvgIpc) is 3.21. The van der Waals surface area contributed by atoms with Crippen molar-refractivity contribution < 1.29 is 23.2 Å². The van der Waals surface area contributed by atoms with Gasteiger partial charge in [0.05, 0.1) is 13.5 Å². The Hall–Kier alpha value is -3.53. The van der Waals surface area contributed by atoms with Crippen molar-refractivity contribution in [2.75, 3.05) is 37.7 Å². The highest BCUT2D eigenvalue weighted by molar-refractivity contribution is 8.32. The van der Waals surface area contributed by atoms with Crippen LogP contribution in [0.3, 0.4) is 0 Å². The Morgan fingerprint density at radius 2 is 1.97 bits per heavy atom. The second-order valence-electron chi connectivity index (χ2n) is 9.13. The SMILES string of the molecule is COc1ccc2c(c1)CCN(C(=O)Cc1cc(=O)[nH]o1)[C@H]2C(=O)Nc1ccc(S(C)(C)C)c(F)c1. The van der Waals surface area contributed by atoms with Gasteiger partial charge in [-0.3, -0.25) is 14.4 Å². The van der Waals surface area contributed by atoms with Crippen molar-refractivity contribution in [1.29, 1.82) is 0 Å². The van der Waals surface area contributed by atoms with E-state index in [4.69, 9.17) is 9.26 Å². The predicted molar refractivity (Wildman–Crippen MR) is 133 cm³/mol. The van der Waals surface area contributed by atoms with Crippen molar-refractivity contribution in [2.24, 2.45) is 0 Å². The van der Waals surface area contributed by atoms with E-state index in [0.29, 0.717) is 28.3 Å². The topological polar surface area (TPSA) is 105 Å². The van der Waals surface area contributed by atoms with Crippen LogP contribution in [0.2, 0.25) is 0 Å². The zero-order chi connectivity index (χ0) is 25.3. The summed E-state index contributed by atoms with van der Waals surface area (Å²) in [7, 11) is 0.282. The number of anilines is 1. The summed E-state index contributed by atoms with van der Waals surface area (Å²) >= 11 is 0. The maximum Gasteiger partial charge on any atom is 0.280 e. The third kappa shape index (κ3) is 5.27. The Balaban J connectivity index is 1.65. The molecule has 0 saturated heterocycles. The molecular weight excluding hydrogens is 473 g/mol. The van der Waals surface area contributed by atoms with Crippen LogP contribution < -0.4 is 15.6 Å². The number of carbonyl (C=O) groups is 2. The van der Waals surface area contributed by atoms with E-state index in [2.05, 4.69) is 10.5 Å². The molecule has 0 bridgehead atoms. The second kappa shape index (κ2) is 9.61. The highest BCUT2D eigenvalue weighted by Gasteiger charge is 2.36. The van der Waals surface area contributed by atoms with E-state index in [1.54, 1.807) is 31.4 Å². The number of H-pyrrole nitrogens is 1. The molecule has 2 aromatic carbocycles. The molecular formula is C25H28FN3O5S. The lowest BCUT2D eigenvalue weighted by Crippen LogP contribution is -2.46. The molecule has 1 atom stereocenters. The molecule has 0 fully saturated rings. The standard InChI is InChI=1S/C25H28FN3O5S/c1-33-17-6-7-19-15(11-17)9-10-29(23(31)14-18-13-22(30)28-34-18)24(19)25(32)27-16-5-8-21(20(26)12-16)35(2,3)4/h5-8,11-13,24H,9-10,14H2,1-4H3,(H,27,32)(H,28,30)/t24-/m1/s1. The highest BCUT2D eigenvalue weighted by atomic mass is 32.3. The first-order valence-electron chi connectivity index (χ1n) is 11.0. The molecule has 0 unspecified atom stereocenters. The summed E-state index contributed by atoms with van der Waals surface area (Å²) in [6.45, 7) is 0.284. The van der Waals surface area contributed by atoms with Crippen molar-refractivity contribution in [3.63, 3.8) is 0 Å². The first-order chi connectivity index (χ1) is 16.6. The third-order valence-corrected chi connectivity index (χ3v) is 7.56. The first kappa shape index (κ1) is 24.6. The third-order valence-electron chi connectivity index (χ3n) is 5.91. The Bertz CT molecular complexity index is 1330. The van der Waals surface area contributed by atoms with Crippen LogP contribution in [-0.4, -0.2) is 54.3 Å². The van der Waals surface area contributed by atoms with Crippen molar-refractivity contribution in [1.82, 2.24) is 10.1 Å². The molecule has 1 aliphatic rings. The lowest BCUT2D eigenvalue weighted by molar-refractivity contribution is -0.139. The number of methoxy groups -OCH3 is 1. The molecule has 35 heavy (non-hydrogen) atoms. The van der Waals surface area contributed by atoms with Gasteiger partial charge in [-0.15, -0.1) is 0 Å². The van der Waals surface area contributed by atoms with Crippen LogP contribution in [0.5, 0.6) is 5.75 Å². The van der Waals surface area contributed by atoms with E-state index in [9.17, 15) is 18.8 Å². The van der Waals surface area contributed by atoms with Gasteiger partial charge in [0.1, 0.15) is 23.4 Å². The number of nitrogens with one attached hydrogen (secondary N) is 2. The van der Waals surface area contributed by atoms with Gasteiger partial charge in [-0.2, -0.15) is 5.16 Å². The van der Waals surface area contributed by atoms with E-state index in [0.717, 1.165) is 5.56 Å². The number of amides is 2. The number of benzene rings is 2. The zero-order valence-electron chi connectivity index (χ0n) is 20.0. The fourth-order valence-electron chi connectivity index (χ4n) is 4.23. The average molecular weight is 502 g/mol. The number of halogens is 1. The predicted octanol–water partition coefficient (Wildman–Crippen LogP) is 3.48. The number of aromatic amines is 1. The molecule has 10 heteroatoms. The first-order valence-corrected chi connectivity index (χ1v) is 13.8. The monoisotopic (exact) mass is 501 g/mol. The number of nitrogens with zero attached hydrogens (tertiary/aromatic N) is 1. The minimum Gasteiger partial charge on any atom is -0.497 e. The molecule has 3 aromatic rings. The molecule has 2 N–H and O–H groups in total. The van der Waals surface area contributed by atoms with Gasteiger partial charge < -0.3 is 19.5 Å². The van der Waals surface area contributed by atoms with Gasteiger partial charge in [0, 0.05) is 23.2 Å². The Morgan fingerprint density at radius 3 is 2.60 bits per heavy atom. The van der Waals surface area contributed by atoms with Gasteiger partial charge in [0.15, 0.2) is 0 Å². The Morgan fingerprint density at radius 1 is 1.20 bits per heavy atom. The van der Waals surface area contributed by atoms with E-state index in [-0.39, 0.29) is 30.5 Å².